The van der Waals surface area contributed by atoms with Crippen molar-refractivity contribution in [3.63, 3.8) is 0 Å². The standard InChI is InChI=1S/C21H20ClN3O3S/c22-18-7-4-6-16(13-18)12-17(15-23)21(26)24-19-8-5-9-20(14-19)29(27,28)25-10-2-1-3-11-25/h4-9,12-14H,1-3,10-11H2,(H,24,26)/b17-12+. The van der Waals surface area contributed by atoms with Crippen LogP contribution in [0.5, 0.6) is 0 Å². The lowest BCUT2D eigenvalue weighted by Crippen LogP contribution is -2.35. The summed E-state index contributed by atoms with van der Waals surface area (Å²) in [6.07, 6.45) is 4.14. The molecule has 1 saturated heterocycles. The normalized spacial score (nSPS) is 15.5. The van der Waals surface area contributed by atoms with Gasteiger partial charge >= 0.3 is 0 Å². The number of sulfonamides is 1. The molecule has 0 aliphatic carbocycles. The molecule has 1 aliphatic heterocycles. The molecule has 2 aromatic carbocycles. The number of piperidine rings is 1. The van der Waals surface area contributed by atoms with Gasteiger partial charge in [0.1, 0.15) is 11.6 Å². The Balaban J connectivity index is 1.80. The van der Waals surface area contributed by atoms with Gasteiger partial charge in [-0.3, -0.25) is 4.79 Å². The van der Waals surface area contributed by atoms with Crippen molar-refractivity contribution in [1.29, 1.82) is 5.26 Å². The van der Waals surface area contributed by atoms with Crippen LogP contribution < -0.4 is 5.32 Å². The molecule has 3 rings (SSSR count). The van der Waals surface area contributed by atoms with Crippen molar-refractivity contribution in [2.24, 2.45) is 0 Å². The van der Waals surface area contributed by atoms with Gasteiger partial charge in [0, 0.05) is 23.8 Å². The first-order chi connectivity index (χ1) is 13.9. The van der Waals surface area contributed by atoms with Crippen molar-refractivity contribution in [2.45, 2.75) is 24.2 Å². The van der Waals surface area contributed by atoms with E-state index >= 15 is 0 Å². The Morgan fingerprint density at radius 2 is 1.83 bits per heavy atom. The summed E-state index contributed by atoms with van der Waals surface area (Å²) >= 11 is 5.93. The number of nitriles is 1. The number of carbonyl (C=O) groups excluding carboxylic acids is 1. The number of carbonyl (C=O) groups is 1. The van der Waals surface area contributed by atoms with Gasteiger partial charge in [-0.2, -0.15) is 9.57 Å². The van der Waals surface area contributed by atoms with Crippen molar-refractivity contribution in [3.8, 4) is 6.07 Å². The molecule has 1 amide bonds. The first kappa shape index (κ1) is 21.1. The number of nitrogens with one attached hydrogen (secondary N) is 1. The lowest BCUT2D eigenvalue weighted by Gasteiger charge is -2.26. The van der Waals surface area contributed by atoms with Gasteiger partial charge < -0.3 is 5.32 Å². The Hall–Kier alpha value is -2.66. The summed E-state index contributed by atoms with van der Waals surface area (Å²) in [6.45, 7) is 1.000. The number of halogens is 1. The van der Waals surface area contributed by atoms with E-state index in [4.69, 9.17) is 11.6 Å². The fraction of sp³-hybridized carbons (Fsp3) is 0.238. The van der Waals surface area contributed by atoms with Gasteiger partial charge in [0.2, 0.25) is 10.0 Å². The molecule has 0 radical (unpaired) electrons. The van der Waals surface area contributed by atoms with E-state index in [-0.39, 0.29) is 10.5 Å². The van der Waals surface area contributed by atoms with Crippen LogP contribution in [-0.4, -0.2) is 31.7 Å². The highest BCUT2D eigenvalue weighted by Crippen LogP contribution is 2.23. The molecule has 1 heterocycles. The molecule has 0 aromatic heterocycles. The molecule has 0 unspecified atom stereocenters. The highest BCUT2D eigenvalue weighted by Gasteiger charge is 2.26. The zero-order valence-corrected chi connectivity index (χ0v) is 17.2. The highest BCUT2D eigenvalue weighted by atomic mass is 35.5. The lowest BCUT2D eigenvalue weighted by atomic mass is 10.1. The van der Waals surface area contributed by atoms with Gasteiger partial charge in [0.05, 0.1) is 4.90 Å². The Kier molecular flexibility index (Phi) is 6.70. The van der Waals surface area contributed by atoms with Gasteiger partial charge in [0.15, 0.2) is 0 Å². The summed E-state index contributed by atoms with van der Waals surface area (Å²) in [5.74, 6) is -0.625. The number of benzene rings is 2. The van der Waals surface area contributed by atoms with E-state index in [0.717, 1.165) is 19.3 Å². The third kappa shape index (κ3) is 5.24. The summed E-state index contributed by atoms with van der Waals surface area (Å²) in [6, 6.07) is 14.7. The largest absolute Gasteiger partial charge is 0.321 e. The van der Waals surface area contributed by atoms with Gasteiger partial charge in [-0.05, 0) is 54.8 Å². The van der Waals surface area contributed by atoms with Crippen molar-refractivity contribution < 1.29 is 13.2 Å². The molecule has 1 aliphatic rings. The molecule has 1 fully saturated rings. The van der Waals surface area contributed by atoms with Crippen molar-refractivity contribution >= 4 is 39.3 Å². The fourth-order valence-electron chi connectivity index (χ4n) is 3.10. The highest BCUT2D eigenvalue weighted by molar-refractivity contribution is 7.89. The summed E-state index contributed by atoms with van der Waals surface area (Å²) < 4.78 is 27.1. The number of hydrogen-bond acceptors (Lipinski definition) is 4. The van der Waals surface area contributed by atoms with E-state index < -0.39 is 15.9 Å². The van der Waals surface area contributed by atoms with Crippen LogP contribution in [0.25, 0.3) is 6.08 Å². The average molecular weight is 430 g/mol. The molecular weight excluding hydrogens is 410 g/mol. The Labute approximate surface area is 175 Å². The number of rotatable bonds is 5. The SMILES string of the molecule is N#C/C(=C\c1cccc(Cl)c1)C(=O)Nc1cccc(S(=O)(=O)N2CCCCC2)c1. The monoisotopic (exact) mass is 429 g/mol. The van der Waals surface area contributed by atoms with E-state index in [1.54, 1.807) is 36.4 Å². The molecule has 1 N–H and O–H groups in total. The summed E-state index contributed by atoms with van der Waals surface area (Å²) in [4.78, 5) is 12.6. The fourth-order valence-corrected chi connectivity index (χ4v) is 4.86. The molecule has 0 spiro atoms. The van der Waals surface area contributed by atoms with Gasteiger partial charge in [-0.15, -0.1) is 0 Å². The molecule has 0 atom stereocenters. The minimum absolute atomic E-state index is 0.114. The topological polar surface area (TPSA) is 90.3 Å². The predicted molar refractivity (Wildman–Crippen MR) is 113 cm³/mol. The maximum absolute atomic E-state index is 12.8. The first-order valence-electron chi connectivity index (χ1n) is 9.19. The van der Waals surface area contributed by atoms with Crippen LogP contribution in [0.15, 0.2) is 59.0 Å². The van der Waals surface area contributed by atoms with Crippen LogP contribution in [0.4, 0.5) is 5.69 Å². The Morgan fingerprint density at radius 3 is 2.52 bits per heavy atom. The second-order valence-electron chi connectivity index (χ2n) is 6.67. The van der Waals surface area contributed by atoms with E-state index in [1.165, 1.54) is 22.5 Å². The van der Waals surface area contributed by atoms with Crippen LogP contribution in [-0.2, 0) is 14.8 Å². The predicted octanol–water partition coefficient (Wildman–Crippen LogP) is 4.06. The zero-order chi connectivity index (χ0) is 20.9. The van der Waals surface area contributed by atoms with Crippen molar-refractivity contribution in [1.82, 2.24) is 4.31 Å². The molecule has 29 heavy (non-hydrogen) atoms. The summed E-state index contributed by atoms with van der Waals surface area (Å²) in [5.41, 5.74) is 0.808. The Morgan fingerprint density at radius 1 is 1.10 bits per heavy atom. The summed E-state index contributed by atoms with van der Waals surface area (Å²) in [7, 11) is -3.61. The molecule has 0 saturated carbocycles. The third-order valence-electron chi connectivity index (χ3n) is 4.57. The van der Waals surface area contributed by atoms with E-state index in [2.05, 4.69) is 5.32 Å². The van der Waals surface area contributed by atoms with Gasteiger partial charge in [-0.25, -0.2) is 8.42 Å². The zero-order valence-electron chi connectivity index (χ0n) is 15.6. The minimum Gasteiger partial charge on any atom is -0.321 e. The molecular formula is C21H20ClN3O3S. The average Bonchev–Trinajstić information content (AvgIpc) is 2.73. The second-order valence-corrected chi connectivity index (χ2v) is 9.05. The van der Waals surface area contributed by atoms with Crippen LogP contribution in [0, 0.1) is 11.3 Å². The smallest absolute Gasteiger partial charge is 0.266 e. The third-order valence-corrected chi connectivity index (χ3v) is 6.70. The van der Waals surface area contributed by atoms with E-state index in [9.17, 15) is 18.5 Å². The lowest BCUT2D eigenvalue weighted by molar-refractivity contribution is -0.112. The van der Waals surface area contributed by atoms with Gasteiger partial charge in [0.25, 0.3) is 5.91 Å². The minimum atomic E-state index is -3.61. The summed E-state index contributed by atoms with van der Waals surface area (Å²) in [5, 5.41) is 12.4. The number of hydrogen-bond donors (Lipinski definition) is 1. The van der Waals surface area contributed by atoms with E-state index in [0.29, 0.717) is 29.4 Å². The molecule has 0 bridgehead atoms. The number of nitrogens with zero attached hydrogens (tertiary/aromatic N) is 2. The quantitative estimate of drug-likeness (QED) is 0.573. The second kappa shape index (κ2) is 9.23. The van der Waals surface area contributed by atoms with Crippen LogP contribution in [0.1, 0.15) is 24.8 Å². The van der Waals surface area contributed by atoms with E-state index in [1.807, 2.05) is 6.07 Å². The molecule has 2 aromatic rings. The maximum Gasteiger partial charge on any atom is 0.266 e. The van der Waals surface area contributed by atoms with Gasteiger partial charge in [-0.1, -0.05) is 36.2 Å². The maximum atomic E-state index is 12.8. The van der Waals surface area contributed by atoms with Crippen molar-refractivity contribution in [2.75, 3.05) is 18.4 Å². The first-order valence-corrected chi connectivity index (χ1v) is 11.0. The van der Waals surface area contributed by atoms with Crippen LogP contribution >= 0.6 is 11.6 Å². The Bertz CT molecular complexity index is 1080. The van der Waals surface area contributed by atoms with Crippen LogP contribution in [0.3, 0.4) is 0 Å². The molecule has 150 valence electrons. The van der Waals surface area contributed by atoms with Crippen molar-refractivity contribution in [3.05, 3.63) is 64.7 Å². The molecule has 8 heteroatoms. The van der Waals surface area contributed by atoms with Crippen LogP contribution in [0.2, 0.25) is 5.02 Å². The number of amides is 1. The number of anilines is 1. The molecule has 6 nitrogen and oxygen atoms in total.